The van der Waals surface area contributed by atoms with Crippen LogP contribution in [0.1, 0.15) is 13.3 Å². The van der Waals surface area contributed by atoms with E-state index in [0.717, 1.165) is 12.3 Å². The van der Waals surface area contributed by atoms with Crippen molar-refractivity contribution in [3.63, 3.8) is 0 Å². The van der Waals surface area contributed by atoms with E-state index in [4.69, 9.17) is 17.3 Å². The summed E-state index contributed by atoms with van der Waals surface area (Å²) in [4.78, 5) is -0.360. The van der Waals surface area contributed by atoms with Gasteiger partial charge >= 0.3 is 0 Å². The minimum Gasteiger partial charge on any atom is -0.328 e. The Labute approximate surface area is 124 Å². The second-order valence-electron chi connectivity index (χ2n) is 4.53. The molecule has 0 saturated heterocycles. The Morgan fingerprint density at radius 1 is 1.30 bits per heavy atom. The molecular formula is C11H17ClN2O4S2. The summed E-state index contributed by atoms with van der Waals surface area (Å²) >= 11 is 5.83. The van der Waals surface area contributed by atoms with E-state index < -0.39 is 19.9 Å². The zero-order chi connectivity index (χ0) is 15.6. The molecule has 0 bridgehead atoms. The van der Waals surface area contributed by atoms with Crippen LogP contribution in [-0.2, 0) is 19.9 Å². The lowest BCUT2D eigenvalue weighted by atomic mass is 10.3. The van der Waals surface area contributed by atoms with Crippen molar-refractivity contribution >= 4 is 31.5 Å². The van der Waals surface area contributed by atoms with Gasteiger partial charge in [0.05, 0.1) is 9.92 Å². The molecule has 0 radical (unpaired) electrons. The van der Waals surface area contributed by atoms with Crippen LogP contribution < -0.4 is 10.5 Å². The number of benzene rings is 1. The summed E-state index contributed by atoms with van der Waals surface area (Å²) in [6, 6.07) is 3.42. The molecule has 1 atom stereocenters. The highest BCUT2D eigenvalue weighted by Crippen LogP contribution is 2.24. The van der Waals surface area contributed by atoms with E-state index in [2.05, 4.69) is 4.72 Å². The molecule has 0 spiro atoms. The van der Waals surface area contributed by atoms with Gasteiger partial charge in [0, 0.05) is 18.8 Å². The van der Waals surface area contributed by atoms with Crippen LogP contribution in [0.3, 0.4) is 0 Å². The predicted molar refractivity (Wildman–Crippen MR) is 78.0 cm³/mol. The van der Waals surface area contributed by atoms with E-state index in [1.54, 1.807) is 6.92 Å². The van der Waals surface area contributed by atoms with Gasteiger partial charge in [0.15, 0.2) is 9.84 Å². The summed E-state index contributed by atoms with van der Waals surface area (Å²) in [5.74, 6) is 0. The van der Waals surface area contributed by atoms with Crippen LogP contribution in [0.15, 0.2) is 28.0 Å². The van der Waals surface area contributed by atoms with Crippen molar-refractivity contribution in [1.29, 1.82) is 0 Å². The first-order valence-corrected chi connectivity index (χ1v) is 9.54. The average Bonchev–Trinajstić information content (AvgIpc) is 2.26. The molecule has 1 aromatic rings. The first-order valence-electron chi connectivity index (χ1n) is 5.79. The quantitative estimate of drug-likeness (QED) is 0.795. The molecular weight excluding hydrogens is 324 g/mol. The lowest BCUT2D eigenvalue weighted by Crippen LogP contribution is -2.29. The Morgan fingerprint density at radius 2 is 1.90 bits per heavy atom. The van der Waals surface area contributed by atoms with Gasteiger partial charge < -0.3 is 5.73 Å². The van der Waals surface area contributed by atoms with Gasteiger partial charge in [-0.3, -0.25) is 0 Å². The van der Waals surface area contributed by atoms with Crippen molar-refractivity contribution in [3.8, 4) is 0 Å². The molecule has 1 rings (SSSR count). The highest BCUT2D eigenvalue weighted by molar-refractivity contribution is 7.91. The standard InChI is InChI=1S/C11H17ClN2O4S2/c1-8(13)5-6-14-20(17,18)11-7-9(19(2,15)16)3-4-10(11)12/h3-4,7-8,14H,5-6,13H2,1-2H3. The maximum atomic E-state index is 12.1. The Balaban J connectivity index is 3.12. The van der Waals surface area contributed by atoms with Crippen molar-refractivity contribution in [3.05, 3.63) is 23.2 Å². The third-order valence-corrected chi connectivity index (χ3v) is 5.56. The van der Waals surface area contributed by atoms with Crippen molar-refractivity contribution in [2.24, 2.45) is 5.73 Å². The van der Waals surface area contributed by atoms with Crippen LogP contribution in [0, 0.1) is 0 Å². The molecule has 114 valence electrons. The summed E-state index contributed by atoms with van der Waals surface area (Å²) in [6.07, 6.45) is 1.46. The number of nitrogens with two attached hydrogens (primary N) is 1. The van der Waals surface area contributed by atoms with E-state index in [0.29, 0.717) is 6.42 Å². The van der Waals surface area contributed by atoms with Crippen LogP contribution in [0.4, 0.5) is 0 Å². The Hall–Kier alpha value is -0.670. The maximum absolute atomic E-state index is 12.1. The van der Waals surface area contributed by atoms with Gasteiger partial charge in [-0.05, 0) is 31.5 Å². The van der Waals surface area contributed by atoms with E-state index in [9.17, 15) is 16.8 Å². The summed E-state index contributed by atoms with van der Waals surface area (Å²) in [6.45, 7) is 1.91. The second-order valence-corrected chi connectivity index (χ2v) is 8.69. The third-order valence-electron chi connectivity index (χ3n) is 2.51. The number of sulfonamides is 1. The monoisotopic (exact) mass is 340 g/mol. The fourth-order valence-corrected chi connectivity index (χ4v) is 3.71. The molecule has 0 aliphatic carbocycles. The fraction of sp³-hybridized carbons (Fsp3) is 0.455. The molecule has 9 heteroatoms. The molecule has 1 unspecified atom stereocenters. The summed E-state index contributed by atoms with van der Waals surface area (Å²) in [7, 11) is -7.38. The van der Waals surface area contributed by atoms with Crippen LogP contribution in [-0.4, -0.2) is 35.7 Å². The summed E-state index contributed by atoms with van der Waals surface area (Å²) in [5, 5.41) is -0.0364. The molecule has 20 heavy (non-hydrogen) atoms. The van der Waals surface area contributed by atoms with Crippen molar-refractivity contribution in [1.82, 2.24) is 4.72 Å². The van der Waals surface area contributed by atoms with Gasteiger partial charge in [-0.1, -0.05) is 11.6 Å². The van der Waals surface area contributed by atoms with Crippen LogP contribution >= 0.6 is 11.6 Å². The molecule has 0 amide bonds. The number of nitrogens with one attached hydrogen (secondary N) is 1. The molecule has 0 fully saturated rings. The lowest BCUT2D eigenvalue weighted by molar-refractivity contribution is 0.571. The summed E-state index contributed by atoms with van der Waals surface area (Å²) < 4.78 is 49.4. The maximum Gasteiger partial charge on any atom is 0.242 e. The smallest absolute Gasteiger partial charge is 0.242 e. The third kappa shape index (κ3) is 4.71. The number of sulfone groups is 1. The van der Waals surface area contributed by atoms with Gasteiger partial charge in [0.25, 0.3) is 0 Å². The first kappa shape index (κ1) is 17.4. The lowest BCUT2D eigenvalue weighted by Gasteiger charge is -2.10. The minimum atomic E-state index is -3.87. The van der Waals surface area contributed by atoms with Crippen LogP contribution in [0.25, 0.3) is 0 Å². The largest absolute Gasteiger partial charge is 0.328 e. The molecule has 3 N–H and O–H groups in total. The Kier molecular flexibility index (Phi) is 5.56. The Morgan fingerprint density at radius 3 is 2.40 bits per heavy atom. The fourth-order valence-electron chi connectivity index (χ4n) is 1.42. The van der Waals surface area contributed by atoms with Gasteiger partial charge in [-0.25, -0.2) is 21.6 Å². The molecule has 0 aliphatic rings. The molecule has 0 aliphatic heterocycles. The normalized spacial score (nSPS) is 14.2. The molecule has 0 heterocycles. The Bertz CT molecular complexity index is 684. The van der Waals surface area contributed by atoms with E-state index in [-0.39, 0.29) is 27.4 Å². The topological polar surface area (TPSA) is 106 Å². The molecule has 0 aromatic heterocycles. The first-order chi connectivity index (χ1) is 9.04. The highest BCUT2D eigenvalue weighted by Gasteiger charge is 2.20. The highest BCUT2D eigenvalue weighted by atomic mass is 35.5. The SMILES string of the molecule is CC(N)CCNS(=O)(=O)c1cc(S(C)(=O)=O)ccc1Cl. The number of rotatable bonds is 6. The van der Waals surface area contributed by atoms with Gasteiger partial charge in [-0.15, -0.1) is 0 Å². The van der Waals surface area contributed by atoms with Gasteiger partial charge in [0.1, 0.15) is 4.90 Å². The minimum absolute atomic E-state index is 0.0364. The number of hydrogen-bond acceptors (Lipinski definition) is 5. The van der Waals surface area contributed by atoms with Crippen LogP contribution in [0.5, 0.6) is 0 Å². The molecule has 0 saturated carbocycles. The van der Waals surface area contributed by atoms with E-state index in [1.165, 1.54) is 12.1 Å². The second kappa shape index (κ2) is 6.40. The number of hydrogen-bond donors (Lipinski definition) is 2. The van der Waals surface area contributed by atoms with Gasteiger partial charge in [-0.2, -0.15) is 0 Å². The molecule has 6 nitrogen and oxygen atoms in total. The molecule has 1 aromatic carbocycles. The van der Waals surface area contributed by atoms with E-state index >= 15 is 0 Å². The van der Waals surface area contributed by atoms with Gasteiger partial charge in [0.2, 0.25) is 10.0 Å². The van der Waals surface area contributed by atoms with Crippen molar-refractivity contribution in [2.45, 2.75) is 29.2 Å². The number of halogens is 1. The van der Waals surface area contributed by atoms with E-state index in [1.807, 2.05) is 0 Å². The van der Waals surface area contributed by atoms with Crippen LogP contribution in [0.2, 0.25) is 5.02 Å². The van der Waals surface area contributed by atoms with Crippen molar-refractivity contribution in [2.75, 3.05) is 12.8 Å². The summed E-state index contributed by atoms with van der Waals surface area (Å²) in [5.41, 5.74) is 5.53. The predicted octanol–water partition coefficient (Wildman–Crippen LogP) is 0.759. The zero-order valence-electron chi connectivity index (χ0n) is 11.1. The average molecular weight is 341 g/mol. The van der Waals surface area contributed by atoms with Crippen molar-refractivity contribution < 1.29 is 16.8 Å². The zero-order valence-corrected chi connectivity index (χ0v) is 13.5.